The summed E-state index contributed by atoms with van der Waals surface area (Å²) in [5.41, 5.74) is 2.70. The minimum absolute atomic E-state index is 0.00572. The van der Waals surface area contributed by atoms with Crippen molar-refractivity contribution >= 4 is 16.8 Å². The molecule has 1 aromatic carbocycles. The molecule has 0 spiro atoms. The molecule has 0 bridgehead atoms. The molecule has 0 radical (unpaired) electrons. The smallest absolute Gasteiger partial charge is 0.255 e. The molecular weight excluding hydrogens is 455 g/mol. The molecule has 2 fully saturated rings. The molecule has 4 heterocycles. The van der Waals surface area contributed by atoms with Crippen molar-refractivity contribution in [3.8, 4) is 0 Å². The predicted octanol–water partition coefficient (Wildman–Crippen LogP) is 4.91. The Morgan fingerprint density at radius 2 is 1.86 bits per heavy atom. The molecule has 1 saturated heterocycles. The first-order valence-corrected chi connectivity index (χ1v) is 13.2. The van der Waals surface area contributed by atoms with Crippen LogP contribution in [0.2, 0.25) is 0 Å². The van der Waals surface area contributed by atoms with Gasteiger partial charge in [-0.25, -0.2) is 4.39 Å². The van der Waals surface area contributed by atoms with Gasteiger partial charge in [-0.05, 0) is 62.4 Å². The third-order valence-corrected chi connectivity index (χ3v) is 8.54. The molecule has 188 valence electrons. The van der Waals surface area contributed by atoms with E-state index in [9.17, 15) is 9.90 Å². The normalized spacial score (nSPS) is 26.4. The maximum absolute atomic E-state index is 15.6. The lowest BCUT2D eigenvalue weighted by molar-refractivity contribution is 0.00975. The second-order valence-corrected chi connectivity index (χ2v) is 10.7. The van der Waals surface area contributed by atoms with Crippen molar-refractivity contribution in [2.45, 2.75) is 75.8 Å². The van der Waals surface area contributed by atoms with Gasteiger partial charge in [0, 0.05) is 48.5 Å². The van der Waals surface area contributed by atoms with Crippen molar-refractivity contribution in [2.24, 2.45) is 0 Å². The zero-order valence-electron chi connectivity index (χ0n) is 20.7. The molecule has 0 unspecified atom stereocenters. The van der Waals surface area contributed by atoms with E-state index in [0.717, 1.165) is 47.7 Å². The van der Waals surface area contributed by atoms with Crippen molar-refractivity contribution in [1.29, 1.82) is 0 Å². The van der Waals surface area contributed by atoms with Gasteiger partial charge in [0.2, 0.25) is 0 Å². The van der Waals surface area contributed by atoms with E-state index in [4.69, 9.17) is 4.98 Å². The minimum atomic E-state index is -1.40. The summed E-state index contributed by atoms with van der Waals surface area (Å²) in [6, 6.07) is 11.2. The van der Waals surface area contributed by atoms with Gasteiger partial charge in [-0.2, -0.15) is 0 Å². The van der Waals surface area contributed by atoms with Gasteiger partial charge < -0.3 is 10.0 Å². The Labute approximate surface area is 211 Å². The van der Waals surface area contributed by atoms with Gasteiger partial charge in [-0.15, -0.1) is 0 Å². The number of likely N-dealkylation sites (tertiary alicyclic amines) is 1. The molecule has 1 amide bonds. The number of aliphatic hydroxyl groups excluding tert-OH is 1. The highest BCUT2D eigenvalue weighted by Gasteiger charge is 2.43. The van der Waals surface area contributed by atoms with Gasteiger partial charge in [0.1, 0.15) is 0 Å². The molecule has 6 rings (SSSR count). The number of pyridine rings is 2. The first-order valence-electron chi connectivity index (χ1n) is 13.2. The van der Waals surface area contributed by atoms with Gasteiger partial charge >= 0.3 is 0 Å². The average molecular weight is 489 g/mol. The first kappa shape index (κ1) is 23.5. The minimum Gasteiger partial charge on any atom is -0.391 e. The molecule has 2 aromatic heterocycles. The van der Waals surface area contributed by atoms with E-state index in [-0.39, 0.29) is 18.0 Å². The molecule has 2 aliphatic heterocycles. The van der Waals surface area contributed by atoms with Crippen molar-refractivity contribution in [2.75, 3.05) is 13.1 Å². The number of nitrogens with zero attached hydrogens (tertiary/aromatic N) is 4. The molecule has 3 atom stereocenters. The molecule has 3 aliphatic rings. The highest BCUT2D eigenvalue weighted by atomic mass is 19.1. The standard InChI is InChI=1S/C29H33FN4O2/c1-19-26-22(28(36)34(19)23-8-2-3-9-24(23)35)17-20(21-7-6-14-32-27(21)26)18-33-15-11-29(30,12-16-33)25-10-4-5-13-31-25/h4-7,10,13-14,17,19,23-24,35H,2-3,8-9,11-12,15-16,18H2,1H3/t19-,23+,24+/m1/s1. The van der Waals surface area contributed by atoms with E-state index in [0.29, 0.717) is 43.7 Å². The number of alkyl halides is 1. The number of halogens is 1. The first-order chi connectivity index (χ1) is 17.5. The van der Waals surface area contributed by atoms with E-state index >= 15 is 4.39 Å². The number of rotatable bonds is 4. The van der Waals surface area contributed by atoms with Crippen molar-refractivity contribution in [1.82, 2.24) is 19.8 Å². The van der Waals surface area contributed by atoms with E-state index in [1.807, 2.05) is 29.2 Å². The SMILES string of the molecule is C[C@@H]1c2c(cc(CN3CCC(F)(c4ccccn4)CC3)c3cccnc23)C(=O)N1[C@H]1CCCC[C@@H]1O. The van der Waals surface area contributed by atoms with Gasteiger partial charge in [-0.3, -0.25) is 19.7 Å². The summed E-state index contributed by atoms with van der Waals surface area (Å²) in [4.78, 5) is 26.9. The van der Waals surface area contributed by atoms with Gasteiger partial charge in [0.05, 0.1) is 29.4 Å². The van der Waals surface area contributed by atoms with Crippen LogP contribution in [0.4, 0.5) is 4.39 Å². The molecule has 1 N–H and O–H groups in total. The van der Waals surface area contributed by atoms with Crippen molar-refractivity contribution in [3.05, 3.63) is 71.2 Å². The Morgan fingerprint density at radius 1 is 1.08 bits per heavy atom. The van der Waals surface area contributed by atoms with E-state index in [2.05, 4.69) is 22.9 Å². The van der Waals surface area contributed by atoms with Crippen molar-refractivity contribution < 1.29 is 14.3 Å². The summed E-state index contributed by atoms with van der Waals surface area (Å²) < 4.78 is 15.6. The van der Waals surface area contributed by atoms with E-state index in [1.165, 1.54) is 0 Å². The Morgan fingerprint density at radius 3 is 2.61 bits per heavy atom. The zero-order valence-corrected chi connectivity index (χ0v) is 20.7. The number of fused-ring (bicyclic) bond motifs is 3. The van der Waals surface area contributed by atoms with E-state index in [1.54, 1.807) is 18.5 Å². The number of benzene rings is 1. The quantitative estimate of drug-likeness (QED) is 0.565. The van der Waals surface area contributed by atoms with Gasteiger partial charge in [0.15, 0.2) is 5.67 Å². The maximum atomic E-state index is 15.6. The molecule has 6 nitrogen and oxygen atoms in total. The number of carbonyl (C=O) groups is 1. The fourth-order valence-electron chi connectivity index (χ4n) is 6.57. The number of aromatic nitrogens is 2. The predicted molar refractivity (Wildman–Crippen MR) is 136 cm³/mol. The van der Waals surface area contributed by atoms with Crippen LogP contribution in [-0.4, -0.2) is 56.0 Å². The zero-order chi connectivity index (χ0) is 24.9. The van der Waals surface area contributed by atoms with Crippen LogP contribution in [-0.2, 0) is 12.2 Å². The van der Waals surface area contributed by atoms with E-state index < -0.39 is 11.8 Å². The van der Waals surface area contributed by atoms with Crippen LogP contribution in [0.5, 0.6) is 0 Å². The summed E-state index contributed by atoms with van der Waals surface area (Å²) in [6.45, 7) is 3.94. The average Bonchev–Trinajstić information content (AvgIpc) is 3.16. The summed E-state index contributed by atoms with van der Waals surface area (Å²) in [7, 11) is 0. The van der Waals surface area contributed by atoms with Gasteiger partial charge in [0.25, 0.3) is 5.91 Å². The largest absolute Gasteiger partial charge is 0.391 e. The monoisotopic (exact) mass is 488 g/mol. The summed E-state index contributed by atoms with van der Waals surface area (Å²) in [6.07, 6.45) is 7.36. The van der Waals surface area contributed by atoms with Crippen LogP contribution in [0.15, 0.2) is 48.8 Å². The lowest BCUT2D eigenvalue weighted by Gasteiger charge is -2.37. The number of aliphatic hydroxyl groups is 1. The highest BCUT2D eigenvalue weighted by molar-refractivity contribution is 6.05. The van der Waals surface area contributed by atoms with Crippen molar-refractivity contribution in [3.63, 3.8) is 0 Å². The molecule has 1 saturated carbocycles. The fraction of sp³-hybridized carbons (Fsp3) is 0.483. The molecule has 36 heavy (non-hydrogen) atoms. The van der Waals surface area contributed by atoms with Crippen LogP contribution in [0.25, 0.3) is 10.9 Å². The summed E-state index contributed by atoms with van der Waals surface area (Å²) >= 11 is 0. The topological polar surface area (TPSA) is 69.6 Å². The number of amides is 1. The second kappa shape index (κ2) is 9.20. The maximum Gasteiger partial charge on any atom is 0.255 e. The van der Waals surface area contributed by atoms with Crippen LogP contribution in [0.3, 0.4) is 0 Å². The Kier molecular flexibility index (Phi) is 6.00. The van der Waals surface area contributed by atoms with Gasteiger partial charge in [-0.1, -0.05) is 25.0 Å². The number of hydrogen-bond donors (Lipinski definition) is 1. The molecular formula is C29H33FN4O2. The fourth-order valence-corrected chi connectivity index (χ4v) is 6.57. The third kappa shape index (κ3) is 3.89. The molecule has 1 aliphatic carbocycles. The molecule has 3 aromatic rings. The molecule has 7 heteroatoms. The Balaban J connectivity index is 1.29. The van der Waals surface area contributed by atoms with Crippen LogP contribution < -0.4 is 0 Å². The summed E-state index contributed by atoms with van der Waals surface area (Å²) in [5.74, 6) is -0.00572. The van der Waals surface area contributed by atoms with Crippen LogP contribution in [0, 0.1) is 0 Å². The number of piperidine rings is 1. The highest BCUT2D eigenvalue weighted by Crippen LogP contribution is 2.43. The number of hydrogen-bond acceptors (Lipinski definition) is 5. The Bertz CT molecular complexity index is 1280. The van der Waals surface area contributed by atoms with Crippen LogP contribution >= 0.6 is 0 Å². The summed E-state index contributed by atoms with van der Waals surface area (Å²) in [5, 5.41) is 11.7. The Hall–Kier alpha value is -2.90. The number of carbonyl (C=O) groups excluding carboxylic acids is 1. The second-order valence-electron chi connectivity index (χ2n) is 10.7. The third-order valence-electron chi connectivity index (χ3n) is 8.54. The van der Waals surface area contributed by atoms with Crippen LogP contribution in [0.1, 0.15) is 78.7 Å². The lowest BCUT2D eigenvalue weighted by atomic mass is 9.89. The lowest BCUT2D eigenvalue weighted by Crippen LogP contribution is -2.46.